The van der Waals surface area contributed by atoms with E-state index in [4.69, 9.17) is 5.73 Å². The summed E-state index contributed by atoms with van der Waals surface area (Å²) in [7, 11) is 0. The number of amides is 2. The minimum absolute atomic E-state index is 0.0125. The van der Waals surface area contributed by atoms with Crippen molar-refractivity contribution in [3.63, 3.8) is 0 Å². The molecule has 25 heavy (non-hydrogen) atoms. The van der Waals surface area contributed by atoms with Gasteiger partial charge < -0.3 is 16.0 Å². The van der Waals surface area contributed by atoms with Crippen LogP contribution in [-0.2, 0) is 0 Å². The molecule has 0 radical (unpaired) electrons. The first kappa shape index (κ1) is 17.6. The van der Waals surface area contributed by atoms with Crippen LogP contribution in [0.25, 0.3) is 0 Å². The van der Waals surface area contributed by atoms with Crippen molar-refractivity contribution in [1.82, 2.24) is 4.90 Å². The Morgan fingerprint density at radius 1 is 1.28 bits per heavy atom. The Morgan fingerprint density at radius 3 is 2.68 bits per heavy atom. The Bertz CT molecular complexity index is 728. The molecule has 5 nitrogen and oxygen atoms in total. The summed E-state index contributed by atoms with van der Waals surface area (Å²) in [5.74, 6) is 0.480. The predicted octanol–water partition coefficient (Wildman–Crippen LogP) is 3.20. The van der Waals surface area contributed by atoms with Crippen molar-refractivity contribution in [3.8, 4) is 0 Å². The second kappa shape index (κ2) is 7.80. The zero-order valence-corrected chi connectivity index (χ0v) is 15.1. The number of carbonyl (C=O) groups is 2. The molecule has 2 amide bonds. The lowest BCUT2D eigenvalue weighted by molar-refractivity contribution is 0.0573. The highest BCUT2D eigenvalue weighted by Gasteiger charge is 2.29. The highest BCUT2D eigenvalue weighted by molar-refractivity contribution is 7.12. The Balaban J connectivity index is 1.67. The van der Waals surface area contributed by atoms with E-state index in [0.717, 1.165) is 19.4 Å². The van der Waals surface area contributed by atoms with E-state index in [-0.39, 0.29) is 17.9 Å². The first-order valence-corrected chi connectivity index (χ1v) is 9.42. The molecule has 1 fully saturated rings. The molecule has 3 rings (SSSR count). The van der Waals surface area contributed by atoms with E-state index in [9.17, 15) is 9.59 Å². The van der Waals surface area contributed by atoms with Crippen molar-refractivity contribution in [2.24, 2.45) is 11.7 Å². The lowest BCUT2D eigenvalue weighted by Crippen LogP contribution is -2.49. The van der Waals surface area contributed by atoms with Crippen LogP contribution in [0.1, 0.15) is 39.8 Å². The number of benzene rings is 1. The van der Waals surface area contributed by atoms with E-state index >= 15 is 0 Å². The average Bonchev–Trinajstić information content (AvgIpc) is 3.16. The number of carbonyl (C=O) groups excluding carboxylic acids is 2. The van der Waals surface area contributed by atoms with Gasteiger partial charge in [0.2, 0.25) is 0 Å². The minimum atomic E-state index is -0.137. The zero-order chi connectivity index (χ0) is 17.8. The van der Waals surface area contributed by atoms with E-state index in [1.807, 2.05) is 16.3 Å². The van der Waals surface area contributed by atoms with Crippen molar-refractivity contribution < 1.29 is 9.59 Å². The van der Waals surface area contributed by atoms with Crippen molar-refractivity contribution >= 4 is 28.8 Å². The largest absolute Gasteiger partial charge is 0.334 e. The number of nitrogens with zero attached hydrogens (tertiary/aromatic N) is 1. The van der Waals surface area contributed by atoms with Gasteiger partial charge in [0.05, 0.1) is 4.88 Å². The second-order valence-electron chi connectivity index (χ2n) is 6.53. The Morgan fingerprint density at radius 2 is 2.04 bits per heavy atom. The summed E-state index contributed by atoms with van der Waals surface area (Å²) in [5.41, 5.74) is 7.16. The molecule has 3 N–H and O–H groups in total. The fourth-order valence-electron chi connectivity index (χ4n) is 3.20. The highest BCUT2D eigenvalue weighted by atomic mass is 32.1. The van der Waals surface area contributed by atoms with Crippen LogP contribution in [0, 0.1) is 5.92 Å². The van der Waals surface area contributed by atoms with Gasteiger partial charge in [-0.3, -0.25) is 9.59 Å². The van der Waals surface area contributed by atoms with Crippen LogP contribution in [0.3, 0.4) is 0 Å². The number of rotatable bonds is 4. The lowest BCUT2D eigenvalue weighted by Gasteiger charge is -2.38. The molecule has 1 aromatic heterocycles. The van der Waals surface area contributed by atoms with Crippen molar-refractivity contribution in [3.05, 3.63) is 52.2 Å². The number of nitrogens with one attached hydrogen (secondary N) is 1. The Hall–Kier alpha value is -2.18. The van der Waals surface area contributed by atoms with Crippen LogP contribution in [0.2, 0.25) is 0 Å². The molecular weight excluding hydrogens is 334 g/mol. The lowest BCUT2D eigenvalue weighted by atomic mass is 9.92. The van der Waals surface area contributed by atoms with Crippen LogP contribution in [0.15, 0.2) is 41.8 Å². The summed E-state index contributed by atoms with van der Waals surface area (Å²) in [6.07, 6.45) is 1.97. The summed E-state index contributed by atoms with van der Waals surface area (Å²) in [5, 5.41) is 4.71. The molecule has 1 aliphatic heterocycles. The van der Waals surface area contributed by atoms with E-state index in [1.54, 1.807) is 30.3 Å². The molecule has 132 valence electrons. The van der Waals surface area contributed by atoms with Crippen molar-refractivity contribution in [2.45, 2.75) is 25.8 Å². The van der Waals surface area contributed by atoms with Gasteiger partial charge in [0.1, 0.15) is 0 Å². The summed E-state index contributed by atoms with van der Waals surface area (Å²) in [4.78, 5) is 27.4. The molecule has 2 atom stereocenters. The third kappa shape index (κ3) is 4.08. The van der Waals surface area contributed by atoms with Gasteiger partial charge in [0, 0.05) is 30.4 Å². The van der Waals surface area contributed by atoms with E-state index in [0.29, 0.717) is 28.6 Å². The molecule has 2 unspecified atom stereocenters. The first-order valence-electron chi connectivity index (χ1n) is 8.54. The average molecular weight is 357 g/mol. The number of anilines is 1. The number of nitrogens with two attached hydrogens (primary N) is 1. The maximum atomic E-state index is 12.8. The van der Waals surface area contributed by atoms with Crippen LogP contribution in [0.5, 0.6) is 0 Å². The quantitative estimate of drug-likeness (QED) is 0.882. The van der Waals surface area contributed by atoms with Gasteiger partial charge in [-0.1, -0.05) is 13.0 Å². The molecule has 0 spiro atoms. The van der Waals surface area contributed by atoms with E-state index in [1.165, 1.54) is 11.3 Å². The predicted molar refractivity (Wildman–Crippen MR) is 101 cm³/mol. The number of likely N-dealkylation sites (tertiary alicyclic amines) is 1. The summed E-state index contributed by atoms with van der Waals surface area (Å²) in [6, 6.07) is 10.8. The third-order valence-corrected chi connectivity index (χ3v) is 5.51. The number of thiophene rings is 1. The molecule has 0 aliphatic carbocycles. The third-order valence-electron chi connectivity index (χ3n) is 4.65. The van der Waals surface area contributed by atoms with Gasteiger partial charge in [-0.05, 0) is 54.5 Å². The molecule has 2 aromatic rings. The number of hydrogen-bond acceptors (Lipinski definition) is 4. The Labute approximate surface area is 151 Å². The SMILES string of the molecule is CC1CCN(C(=O)c2ccc(NC(=O)c3cccs3)cc2)C(CN)C1. The molecule has 2 heterocycles. The van der Waals surface area contributed by atoms with Crippen LogP contribution >= 0.6 is 11.3 Å². The van der Waals surface area contributed by atoms with E-state index in [2.05, 4.69) is 12.2 Å². The number of hydrogen-bond donors (Lipinski definition) is 2. The first-order chi connectivity index (χ1) is 12.1. The summed E-state index contributed by atoms with van der Waals surface area (Å²) < 4.78 is 0. The fraction of sp³-hybridized carbons (Fsp3) is 0.368. The summed E-state index contributed by atoms with van der Waals surface area (Å²) in [6.45, 7) is 3.44. The smallest absolute Gasteiger partial charge is 0.265 e. The number of piperidine rings is 1. The standard InChI is InChI=1S/C19H23N3O2S/c1-13-8-9-22(16(11-13)12-20)19(24)14-4-6-15(7-5-14)21-18(23)17-3-2-10-25-17/h2-7,10,13,16H,8-9,11-12,20H2,1H3,(H,21,23). The van der Waals surface area contributed by atoms with E-state index < -0.39 is 0 Å². The maximum absolute atomic E-state index is 12.8. The van der Waals surface area contributed by atoms with Crippen LogP contribution in [-0.4, -0.2) is 35.8 Å². The van der Waals surface area contributed by atoms with Gasteiger partial charge in [0.15, 0.2) is 0 Å². The molecule has 1 aromatic carbocycles. The molecule has 1 saturated heterocycles. The van der Waals surface area contributed by atoms with Crippen molar-refractivity contribution in [1.29, 1.82) is 0 Å². The van der Waals surface area contributed by atoms with Gasteiger partial charge in [0.25, 0.3) is 11.8 Å². The summed E-state index contributed by atoms with van der Waals surface area (Å²) >= 11 is 1.40. The highest BCUT2D eigenvalue weighted by Crippen LogP contribution is 2.24. The minimum Gasteiger partial charge on any atom is -0.334 e. The maximum Gasteiger partial charge on any atom is 0.265 e. The topological polar surface area (TPSA) is 75.4 Å². The normalized spacial score (nSPS) is 20.3. The van der Waals surface area contributed by atoms with Crippen LogP contribution < -0.4 is 11.1 Å². The van der Waals surface area contributed by atoms with Crippen LogP contribution in [0.4, 0.5) is 5.69 Å². The van der Waals surface area contributed by atoms with Crippen molar-refractivity contribution in [2.75, 3.05) is 18.4 Å². The second-order valence-corrected chi connectivity index (χ2v) is 7.47. The Kier molecular flexibility index (Phi) is 5.50. The zero-order valence-electron chi connectivity index (χ0n) is 14.3. The molecule has 0 saturated carbocycles. The molecule has 1 aliphatic rings. The van der Waals surface area contributed by atoms with Gasteiger partial charge in [-0.15, -0.1) is 11.3 Å². The molecule has 6 heteroatoms. The van der Waals surface area contributed by atoms with Gasteiger partial charge >= 0.3 is 0 Å². The van der Waals surface area contributed by atoms with Gasteiger partial charge in [-0.2, -0.15) is 0 Å². The monoisotopic (exact) mass is 357 g/mol. The molecule has 0 bridgehead atoms. The van der Waals surface area contributed by atoms with Gasteiger partial charge in [-0.25, -0.2) is 0 Å². The molecular formula is C19H23N3O2S. The fourth-order valence-corrected chi connectivity index (χ4v) is 3.82.